The van der Waals surface area contributed by atoms with Gasteiger partial charge < -0.3 is 24.4 Å². The molecule has 0 unspecified atom stereocenters. The Morgan fingerprint density at radius 1 is 0.781 bits per heavy atom. The average molecular weight is 437 g/mol. The van der Waals surface area contributed by atoms with E-state index in [9.17, 15) is 15.0 Å². The molecule has 0 radical (unpaired) electrons. The molecule has 0 aliphatic carbocycles. The second kappa shape index (κ2) is 11.3. The van der Waals surface area contributed by atoms with Crippen LogP contribution in [0.5, 0.6) is 11.5 Å². The smallest absolute Gasteiger partial charge is 0.338 e. The van der Waals surface area contributed by atoms with Crippen LogP contribution >= 0.6 is 0 Å². The highest BCUT2D eigenvalue weighted by molar-refractivity contribution is 5.75. The maximum absolute atomic E-state index is 12.0. The first kappa shape index (κ1) is 23.3. The number of hydrogen-bond acceptors (Lipinski definition) is 6. The van der Waals surface area contributed by atoms with Crippen molar-refractivity contribution in [2.75, 3.05) is 0 Å². The van der Waals surface area contributed by atoms with Crippen molar-refractivity contribution in [2.24, 2.45) is 0 Å². The third kappa shape index (κ3) is 6.57. The summed E-state index contributed by atoms with van der Waals surface area (Å²) in [5.41, 5.74) is 2.28. The lowest BCUT2D eigenvalue weighted by Gasteiger charge is -2.20. The van der Waals surface area contributed by atoms with Crippen LogP contribution in [0.2, 0.25) is 0 Å². The van der Waals surface area contributed by atoms with Crippen molar-refractivity contribution < 1.29 is 29.2 Å². The lowest BCUT2D eigenvalue weighted by Crippen LogP contribution is -2.31. The number of benzene rings is 3. The predicted molar refractivity (Wildman–Crippen MR) is 120 cm³/mol. The van der Waals surface area contributed by atoms with Crippen LogP contribution < -0.4 is 9.47 Å². The number of aliphatic hydroxyl groups is 2. The van der Waals surface area contributed by atoms with Crippen molar-refractivity contribution in [3.05, 3.63) is 95.6 Å². The molecule has 3 aromatic carbocycles. The van der Waals surface area contributed by atoms with E-state index >= 15 is 0 Å². The summed E-state index contributed by atoms with van der Waals surface area (Å²) >= 11 is 0. The topological polar surface area (TPSA) is 85.2 Å². The van der Waals surface area contributed by atoms with Gasteiger partial charge in [-0.3, -0.25) is 0 Å². The zero-order chi connectivity index (χ0) is 22.9. The minimum atomic E-state index is -1.71. The molecule has 0 amide bonds. The standard InChI is InChI=1S/C26H28O6/c1-18(2)32-26(29)25(28)24(27)21-13-14-22(30-16-19-9-5-3-6-10-19)23(15-21)31-17-20-11-7-4-8-12-20/h3-15,18,24-25,27-28H,16-17H2,1-2H3/t24-,25+/m1/s1. The molecule has 3 rings (SSSR count). The van der Waals surface area contributed by atoms with E-state index in [2.05, 4.69) is 0 Å². The monoisotopic (exact) mass is 436 g/mol. The molecular formula is C26H28O6. The van der Waals surface area contributed by atoms with Crippen molar-refractivity contribution in [2.45, 2.75) is 45.4 Å². The van der Waals surface area contributed by atoms with Crippen molar-refractivity contribution in [1.82, 2.24) is 0 Å². The summed E-state index contributed by atoms with van der Waals surface area (Å²) in [7, 11) is 0. The molecule has 32 heavy (non-hydrogen) atoms. The molecular weight excluding hydrogens is 408 g/mol. The molecule has 0 bridgehead atoms. The van der Waals surface area contributed by atoms with E-state index < -0.39 is 24.3 Å². The number of esters is 1. The van der Waals surface area contributed by atoms with Gasteiger partial charge in [0.2, 0.25) is 0 Å². The van der Waals surface area contributed by atoms with E-state index in [0.29, 0.717) is 30.3 Å². The molecule has 0 aromatic heterocycles. The minimum Gasteiger partial charge on any atom is -0.485 e. The maximum Gasteiger partial charge on any atom is 0.338 e. The molecule has 6 heteroatoms. The van der Waals surface area contributed by atoms with Gasteiger partial charge in [0.25, 0.3) is 0 Å². The number of hydrogen-bond donors (Lipinski definition) is 2. The fourth-order valence-electron chi connectivity index (χ4n) is 3.02. The van der Waals surface area contributed by atoms with Crippen LogP contribution in [0.4, 0.5) is 0 Å². The summed E-state index contributed by atoms with van der Waals surface area (Å²) in [6, 6.07) is 24.2. The fourth-order valence-corrected chi connectivity index (χ4v) is 3.02. The third-order valence-corrected chi connectivity index (χ3v) is 4.68. The maximum atomic E-state index is 12.0. The first-order valence-corrected chi connectivity index (χ1v) is 10.5. The number of carbonyl (C=O) groups excluding carboxylic acids is 1. The van der Waals surface area contributed by atoms with E-state index in [1.54, 1.807) is 32.0 Å². The average Bonchev–Trinajstić information content (AvgIpc) is 2.81. The second-order valence-electron chi connectivity index (χ2n) is 7.63. The number of ether oxygens (including phenoxy) is 3. The Kier molecular flexibility index (Phi) is 8.25. The number of aliphatic hydroxyl groups excluding tert-OH is 2. The first-order valence-electron chi connectivity index (χ1n) is 10.5. The van der Waals surface area contributed by atoms with Crippen LogP contribution in [-0.4, -0.2) is 28.4 Å². The largest absolute Gasteiger partial charge is 0.485 e. The molecule has 0 saturated heterocycles. The first-order chi connectivity index (χ1) is 15.4. The van der Waals surface area contributed by atoms with Gasteiger partial charge in [-0.2, -0.15) is 0 Å². The molecule has 168 valence electrons. The Balaban J connectivity index is 1.80. The van der Waals surface area contributed by atoms with E-state index in [4.69, 9.17) is 14.2 Å². The Bertz CT molecular complexity index is 988. The Morgan fingerprint density at radius 2 is 1.31 bits per heavy atom. The van der Waals surface area contributed by atoms with Gasteiger partial charge in [-0.25, -0.2) is 4.79 Å². The SMILES string of the molecule is CC(C)OC(=O)[C@@H](O)[C@H](O)c1ccc(OCc2ccccc2)c(OCc2ccccc2)c1. The molecule has 0 aliphatic rings. The van der Waals surface area contributed by atoms with Crippen LogP contribution in [0.15, 0.2) is 78.9 Å². The van der Waals surface area contributed by atoms with Gasteiger partial charge >= 0.3 is 5.97 Å². The normalized spacial score (nSPS) is 12.8. The number of carbonyl (C=O) groups is 1. The van der Waals surface area contributed by atoms with E-state index in [0.717, 1.165) is 11.1 Å². The van der Waals surface area contributed by atoms with Crippen LogP contribution in [0.25, 0.3) is 0 Å². The Morgan fingerprint density at radius 3 is 1.84 bits per heavy atom. The van der Waals surface area contributed by atoms with E-state index in [1.165, 1.54) is 0 Å². The summed E-state index contributed by atoms with van der Waals surface area (Å²) in [5.74, 6) is -0.00519. The Hall–Kier alpha value is -3.35. The molecule has 2 N–H and O–H groups in total. The lowest BCUT2D eigenvalue weighted by atomic mass is 10.0. The highest BCUT2D eigenvalue weighted by Crippen LogP contribution is 2.33. The van der Waals surface area contributed by atoms with Gasteiger partial charge in [0.1, 0.15) is 19.3 Å². The van der Waals surface area contributed by atoms with E-state index in [1.807, 2.05) is 60.7 Å². The summed E-state index contributed by atoms with van der Waals surface area (Å²) in [6.45, 7) is 3.98. The zero-order valence-electron chi connectivity index (χ0n) is 18.2. The predicted octanol–water partition coefficient (Wildman–Crippen LogP) is 4.19. The summed E-state index contributed by atoms with van der Waals surface area (Å²) in [5, 5.41) is 20.7. The van der Waals surface area contributed by atoms with Crippen LogP contribution in [0, 0.1) is 0 Å². The fraction of sp³-hybridized carbons (Fsp3) is 0.269. The zero-order valence-corrected chi connectivity index (χ0v) is 18.2. The van der Waals surface area contributed by atoms with Gasteiger partial charge in [0, 0.05) is 0 Å². The molecule has 0 spiro atoms. The van der Waals surface area contributed by atoms with Gasteiger partial charge in [-0.1, -0.05) is 66.7 Å². The van der Waals surface area contributed by atoms with Crippen LogP contribution in [-0.2, 0) is 22.7 Å². The second-order valence-corrected chi connectivity index (χ2v) is 7.63. The summed E-state index contributed by atoms with van der Waals surface area (Å²) < 4.78 is 16.9. The van der Waals surface area contributed by atoms with Gasteiger partial charge in [-0.15, -0.1) is 0 Å². The molecule has 0 heterocycles. The number of rotatable bonds is 10. The van der Waals surface area contributed by atoms with Crippen molar-refractivity contribution in [1.29, 1.82) is 0 Å². The molecule has 0 fully saturated rings. The lowest BCUT2D eigenvalue weighted by molar-refractivity contribution is -0.163. The quantitative estimate of drug-likeness (QED) is 0.464. The molecule has 0 aliphatic heterocycles. The molecule has 3 aromatic rings. The van der Waals surface area contributed by atoms with Crippen molar-refractivity contribution in [3.8, 4) is 11.5 Å². The van der Waals surface area contributed by atoms with Gasteiger partial charge in [0.15, 0.2) is 17.6 Å². The van der Waals surface area contributed by atoms with Gasteiger partial charge in [0.05, 0.1) is 6.10 Å². The van der Waals surface area contributed by atoms with Gasteiger partial charge in [-0.05, 0) is 42.7 Å². The third-order valence-electron chi connectivity index (χ3n) is 4.68. The molecule has 0 saturated carbocycles. The highest BCUT2D eigenvalue weighted by atomic mass is 16.6. The highest BCUT2D eigenvalue weighted by Gasteiger charge is 2.28. The Labute approximate surface area is 188 Å². The molecule has 6 nitrogen and oxygen atoms in total. The minimum absolute atomic E-state index is 0.292. The van der Waals surface area contributed by atoms with Crippen molar-refractivity contribution >= 4 is 5.97 Å². The van der Waals surface area contributed by atoms with E-state index in [-0.39, 0.29) is 0 Å². The summed E-state index contributed by atoms with van der Waals surface area (Å²) in [6.07, 6.45) is -3.58. The molecule has 2 atom stereocenters. The van der Waals surface area contributed by atoms with Crippen molar-refractivity contribution in [3.63, 3.8) is 0 Å². The summed E-state index contributed by atoms with van der Waals surface area (Å²) in [4.78, 5) is 12.0. The van der Waals surface area contributed by atoms with Crippen LogP contribution in [0.3, 0.4) is 0 Å². The van der Waals surface area contributed by atoms with Crippen LogP contribution in [0.1, 0.15) is 36.6 Å².